The summed E-state index contributed by atoms with van der Waals surface area (Å²) >= 11 is 0. The van der Waals surface area contributed by atoms with Gasteiger partial charge in [0.2, 0.25) is 0 Å². The van der Waals surface area contributed by atoms with Gasteiger partial charge in [-0.05, 0) is 18.9 Å². The average molecular weight is 234 g/mol. The number of hydrogen-bond acceptors (Lipinski definition) is 2. The minimum Gasteiger partial charge on any atom is -0.390 e. The van der Waals surface area contributed by atoms with Crippen molar-refractivity contribution in [1.29, 1.82) is 0 Å². The van der Waals surface area contributed by atoms with Gasteiger partial charge in [0.1, 0.15) is 0 Å². The van der Waals surface area contributed by atoms with E-state index in [0.717, 1.165) is 6.42 Å². The minimum absolute atomic E-state index is 0.0518. The van der Waals surface area contributed by atoms with Gasteiger partial charge >= 0.3 is 0 Å². The van der Waals surface area contributed by atoms with Gasteiger partial charge in [-0.2, -0.15) is 0 Å². The first-order valence-electron chi connectivity index (χ1n) is 6.35. The van der Waals surface area contributed by atoms with Crippen molar-refractivity contribution in [3.63, 3.8) is 0 Å². The molecule has 0 radical (unpaired) electrons. The molecule has 1 saturated heterocycles. The van der Waals surface area contributed by atoms with Crippen LogP contribution >= 0.6 is 0 Å². The number of hydrogen-bond donors (Lipinski definition) is 1. The highest BCUT2D eigenvalue weighted by Gasteiger charge is 2.61. The van der Waals surface area contributed by atoms with Crippen molar-refractivity contribution in [2.24, 2.45) is 5.41 Å². The predicted octanol–water partition coefficient (Wildman–Crippen LogP) is 3.10. The van der Waals surface area contributed by atoms with Crippen LogP contribution in [0.5, 0.6) is 0 Å². The molecular formula is C15H22O2. The van der Waals surface area contributed by atoms with Crippen LogP contribution in [-0.2, 0) is 10.3 Å². The van der Waals surface area contributed by atoms with E-state index < -0.39 is 0 Å². The van der Waals surface area contributed by atoms with E-state index in [1.165, 1.54) is 5.56 Å². The maximum atomic E-state index is 9.97. The van der Waals surface area contributed by atoms with E-state index in [9.17, 15) is 5.11 Å². The summed E-state index contributed by atoms with van der Waals surface area (Å²) < 4.78 is 6.03. The number of benzene rings is 1. The van der Waals surface area contributed by atoms with Crippen LogP contribution in [0, 0.1) is 5.41 Å². The largest absolute Gasteiger partial charge is 0.390 e. The van der Waals surface area contributed by atoms with Crippen molar-refractivity contribution in [3.8, 4) is 0 Å². The molecule has 1 aromatic rings. The Labute approximate surface area is 104 Å². The smallest absolute Gasteiger partial charge is 0.0985 e. The van der Waals surface area contributed by atoms with Crippen LogP contribution in [0.15, 0.2) is 30.3 Å². The summed E-state index contributed by atoms with van der Waals surface area (Å²) in [6.45, 7) is 8.45. The van der Waals surface area contributed by atoms with Gasteiger partial charge in [0.15, 0.2) is 0 Å². The lowest BCUT2D eigenvalue weighted by atomic mass is 9.61. The molecule has 1 aliphatic rings. The maximum Gasteiger partial charge on any atom is 0.0985 e. The van der Waals surface area contributed by atoms with Gasteiger partial charge in [-0.3, -0.25) is 0 Å². The molecule has 0 spiro atoms. The molecule has 0 aliphatic carbocycles. The van der Waals surface area contributed by atoms with E-state index in [0.29, 0.717) is 0 Å². The van der Waals surface area contributed by atoms with Crippen molar-refractivity contribution < 1.29 is 9.84 Å². The molecular weight excluding hydrogens is 212 g/mol. The van der Waals surface area contributed by atoms with Gasteiger partial charge in [-0.15, -0.1) is 0 Å². The van der Waals surface area contributed by atoms with Gasteiger partial charge in [0.05, 0.1) is 17.8 Å². The molecule has 1 fully saturated rings. The Kier molecular flexibility index (Phi) is 3.04. The summed E-state index contributed by atoms with van der Waals surface area (Å²) in [7, 11) is 0. The lowest BCUT2D eigenvalue weighted by Crippen LogP contribution is -2.66. The van der Waals surface area contributed by atoms with Crippen molar-refractivity contribution in [1.82, 2.24) is 0 Å². The quantitative estimate of drug-likeness (QED) is 0.870. The zero-order valence-electron chi connectivity index (χ0n) is 11.1. The average Bonchev–Trinajstić information content (AvgIpc) is 2.35. The molecule has 2 rings (SSSR count). The van der Waals surface area contributed by atoms with Gasteiger partial charge in [-0.1, -0.05) is 51.1 Å². The molecule has 0 bridgehead atoms. The van der Waals surface area contributed by atoms with Crippen LogP contribution in [0.1, 0.15) is 39.7 Å². The van der Waals surface area contributed by atoms with Crippen molar-refractivity contribution in [2.75, 3.05) is 0 Å². The highest BCUT2D eigenvalue weighted by molar-refractivity contribution is 5.28. The normalized spacial score (nSPS) is 32.9. The van der Waals surface area contributed by atoms with Crippen LogP contribution in [0.25, 0.3) is 0 Å². The highest BCUT2D eigenvalue weighted by atomic mass is 16.6. The first-order valence-corrected chi connectivity index (χ1v) is 6.35. The first kappa shape index (κ1) is 12.6. The fourth-order valence-corrected chi connectivity index (χ4v) is 2.74. The van der Waals surface area contributed by atoms with Gasteiger partial charge in [0, 0.05) is 5.41 Å². The molecule has 0 aromatic heterocycles. The number of aliphatic hydroxyl groups is 1. The van der Waals surface area contributed by atoms with Crippen molar-refractivity contribution in [2.45, 2.75) is 51.9 Å². The molecule has 2 nitrogen and oxygen atoms in total. The van der Waals surface area contributed by atoms with Crippen LogP contribution in [0.3, 0.4) is 0 Å². The molecule has 1 heterocycles. The van der Waals surface area contributed by atoms with E-state index in [1.54, 1.807) is 0 Å². The van der Waals surface area contributed by atoms with Gasteiger partial charge in [-0.25, -0.2) is 0 Å². The van der Waals surface area contributed by atoms with Crippen LogP contribution in [0.4, 0.5) is 0 Å². The lowest BCUT2D eigenvalue weighted by molar-refractivity contribution is -0.331. The fourth-order valence-electron chi connectivity index (χ4n) is 2.74. The molecule has 3 atom stereocenters. The Balaban J connectivity index is 2.26. The third-order valence-corrected chi connectivity index (χ3v) is 4.40. The van der Waals surface area contributed by atoms with Crippen LogP contribution in [0.2, 0.25) is 0 Å². The Morgan fingerprint density at radius 2 is 1.82 bits per heavy atom. The Morgan fingerprint density at radius 3 is 2.29 bits per heavy atom. The Bertz CT molecular complexity index is 385. The summed E-state index contributed by atoms with van der Waals surface area (Å²) in [5.74, 6) is 0. The van der Waals surface area contributed by atoms with E-state index >= 15 is 0 Å². The topological polar surface area (TPSA) is 29.5 Å². The Morgan fingerprint density at radius 1 is 1.24 bits per heavy atom. The van der Waals surface area contributed by atoms with Crippen molar-refractivity contribution in [3.05, 3.63) is 35.9 Å². The molecule has 0 unspecified atom stereocenters. The number of ether oxygens (including phenoxy) is 1. The Hall–Kier alpha value is -0.860. The summed E-state index contributed by atoms with van der Waals surface area (Å²) in [5.41, 5.74) is 0.836. The van der Waals surface area contributed by atoms with E-state index in [2.05, 4.69) is 32.9 Å². The SMILES string of the molecule is CC[C@H](O)[C@H]1O[C@@](C)(c2ccccc2)C1(C)C. The number of rotatable bonds is 3. The molecule has 2 heteroatoms. The fraction of sp³-hybridized carbons (Fsp3) is 0.600. The molecule has 1 aromatic carbocycles. The predicted molar refractivity (Wildman–Crippen MR) is 68.7 cm³/mol. The second-order valence-corrected chi connectivity index (χ2v) is 5.64. The number of aliphatic hydroxyl groups excluding tert-OH is 1. The third-order valence-electron chi connectivity index (χ3n) is 4.40. The monoisotopic (exact) mass is 234 g/mol. The van der Waals surface area contributed by atoms with Crippen LogP contribution in [-0.4, -0.2) is 17.3 Å². The second kappa shape index (κ2) is 4.11. The molecule has 1 aliphatic heterocycles. The lowest BCUT2D eigenvalue weighted by Gasteiger charge is -2.61. The van der Waals surface area contributed by atoms with Gasteiger partial charge in [0.25, 0.3) is 0 Å². The molecule has 17 heavy (non-hydrogen) atoms. The maximum absolute atomic E-state index is 9.97. The molecule has 0 saturated carbocycles. The van der Waals surface area contributed by atoms with E-state index in [4.69, 9.17) is 4.74 Å². The standard InChI is InChI=1S/C15H22O2/c1-5-12(16)13-14(2,3)15(4,17-13)11-9-7-6-8-10-11/h6-10,12-13,16H,5H2,1-4H3/t12-,13+,15-/m0/s1. The minimum atomic E-state index is -0.373. The molecule has 0 amide bonds. The van der Waals surface area contributed by atoms with E-state index in [1.807, 2.05) is 25.1 Å². The zero-order chi connectivity index (χ0) is 12.7. The highest BCUT2D eigenvalue weighted by Crippen LogP contribution is 2.57. The summed E-state index contributed by atoms with van der Waals surface area (Å²) in [4.78, 5) is 0. The first-order chi connectivity index (χ1) is 7.93. The molecule has 94 valence electrons. The second-order valence-electron chi connectivity index (χ2n) is 5.64. The third kappa shape index (κ3) is 1.71. The van der Waals surface area contributed by atoms with Crippen LogP contribution < -0.4 is 0 Å². The van der Waals surface area contributed by atoms with E-state index in [-0.39, 0.29) is 23.2 Å². The van der Waals surface area contributed by atoms with Gasteiger partial charge < -0.3 is 9.84 Å². The summed E-state index contributed by atoms with van der Waals surface area (Å²) in [6, 6.07) is 10.3. The zero-order valence-corrected chi connectivity index (χ0v) is 11.1. The molecule has 1 N–H and O–H groups in total. The summed E-state index contributed by atoms with van der Waals surface area (Å²) in [5, 5.41) is 9.97. The van der Waals surface area contributed by atoms with Crippen molar-refractivity contribution >= 4 is 0 Å². The summed E-state index contributed by atoms with van der Waals surface area (Å²) in [6.07, 6.45) is 0.290.